The van der Waals surface area contributed by atoms with Gasteiger partial charge in [0.25, 0.3) is 0 Å². The zero-order valence-electron chi connectivity index (χ0n) is 6.93. The number of hydrogen-bond donors (Lipinski definition) is 1. The second kappa shape index (κ2) is 2.55. The fourth-order valence-electron chi connectivity index (χ4n) is 1.14. The van der Waals surface area contributed by atoms with Crippen molar-refractivity contribution in [2.24, 2.45) is 7.05 Å². The predicted octanol–water partition coefficient (Wildman–Crippen LogP) is 0.666. The number of carboxylic acids is 1. The Morgan fingerprint density at radius 1 is 1.54 bits per heavy atom. The maximum atomic E-state index is 10.6. The standard InChI is InChI=1S/C8H7N3O2/c1-11-7-2-5(8(12)13)3-9-6(7)4-10-11/h2-4H,1H3,(H,12,13). The average molecular weight is 177 g/mol. The van der Waals surface area contributed by atoms with Crippen LogP contribution in [0.3, 0.4) is 0 Å². The summed E-state index contributed by atoms with van der Waals surface area (Å²) in [5, 5.41) is 12.7. The summed E-state index contributed by atoms with van der Waals surface area (Å²) in [5.74, 6) is -0.976. The first-order valence-electron chi connectivity index (χ1n) is 3.69. The molecule has 5 heteroatoms. The molecule has 0 fully saturated rings. The number of aryl methyl sites for hydroxylation is 1. The van der Waals surface area contributed by atoms with Gasteiger partial charge in [-0.1, -0.05) is 0 Å². The number of carboxylic acid groups (broad SMARTS) is 1. The van der Waals surface area contributed by atoms with Crippen LogP contribution in [0.4, 0.5) is 0 Å². The lowest BCUT2D eigenvalue weighted by atomic mass is 10.2. The first-order valence-corrected chi connectivity index (χ1v) is 3.69. The fraction of sp³-hybridized carbons (Fsp3) is 0.125. The van der Waals surface area contributed by atoms with Crippen molar-refractivity contribution >= 4 is 17.0 Å². The third-order valence-electron chi connectivity index (χ3n) is 1.85. The molecule has 2 aromatic rings. The molecule has 0 amide bonds. The number of fused-ring (bicyclic) bond motifs is 1. The quantitative estimate of drug-likeness (QED) is 0.695. The Labute approximate surface area is 73.6 Å². The molecule has 1 N–H and O–H groups in total. The zero-order valence-corrected chi connectivity index (χ0v) is 6.93. The summed E-state index contributed by atoms with van der Waals surface area (Å²) in [5.41, 5.74) is 1.60. The summed E-state index contributed by atoms with van der Waals surface area (Å²) >= 11 is 0. The van der Waals surface area contributed by atoms with Gasteiger partial charge in [-0.2, -0.15) is 5.10 Å². The van der Waals surface area contributed by atoms with E-state index in [0.717, 1.165) is 5.52 Å². The van der Waals surface area contributed by atoms with Gasteiger partial charge in [0.15, 0.2) is 0 Å². The molecule has 0 atom stereocenters. The van der Waals surface area contributed by atoms with Crippen LogP contribution in [0.5, 0.6) is 0 Å². The summed E-state index contributed by atoms with van der Waals surface area (Å²) in [4.78, 5) is 14.6. The molecule has 0 saturated carbocycles. The molecular weight excluding hydrogens is 170 g/mol. The molecule has 0 aliphatic carbocycles. The fourth-order valence-corrected chi connectivity index (χ4v) is 1.14. The molecule has 0 bridgehead atoms. The Kier molecular flexibility index (Phi) is 1.51. The van der Waals surface area contributed by atoms with Crippen molar-refractivity contribution in [3.05, 3.63) is 24.0 Å². The van der Waals surface area contributed by atoms with Gasteiger partial charge in [0.05, 0.1) is 17.3 Å². The molecule has 2 aromatic heterocycles. The van der Waals surface area contributed by atoms with Crippen molar-refractivity contribution in [2.45, 2.75) is 0 Å². The zero-order chi connectivity index (χ0) is 9.42. The van der Waals surface area contributed by atoms with E-state index in [-0.39, 0.29) is 5.56 Å². The second-order valence-corrected chi connectivity index (χ2v) is 2.70. The second-order valence-electron chi connectivity index (χ2n) is 2.70. The summed E-state index contributed by atoms with van der Waals surface area (Å²) in [6.07, 6.45) is 2.92. The van der Waals surface area contributed by atoms with Crippen molar-refractivity contribution < 1.29 is 9.90 Å². The van der Waals surface area contributed by atoms with Crippen LogP contribution in [0.1, 0.15) is 10.4 Å². The Hall–Kier alpha value is -1.91. The number of aromatic carboxylic acids is 1. The van der Waals surface area contributed by atoms with Crippen LogP contribution >= 0.6 is 0 Å². The number of carbonyl (C=O) groups is 1. The molecule has 0 unspecified atom stereocenters. The molecule has 66 valence electrons. The van der Waals surface area contributed by atoms with Crippen molar-refractivity contribution in [3.8, 4) is 0 Å². The number of aromatic nitrogens is 3. The van der Waals surface area contributed by atoms with E-state index in [1.54, 1.807) is 24.0 Å². The van der Waals surface area contributed by atoms with Gasteiger partial charge >= 0.3 is 5.97 Å². The Balaban J connectivity index is 2.72. The Morgan fingerprint density at radius 3 is 3.00 bits per heavy atom. The van der Waals surface area contributed by atoms with Gasteiger partial charge in [0.2, 0.25) is 0 Å². The first-order chi connectivity index (χ1) is 6.18. The topological polar surface area (TPSA) is 68.0 Å². The van der Waals surface area contributed by atoms with E-state index in [1.165, 1.54) is 6.20 Å². The van der Waals surface area contributed by atoms with Gasteiger partial charge < -0.3 is 5.11 Å². The van der Waals surface area contributed by atoms with E-state index in [4.69, 9.17) is 5.11 Å². The minimum absolute atomic E-state index is 0.177. The minimum Gasteiger partial charge on any atom is -0.478 e. The van der Waals surface area contributed by atoms with Crippen molar-refractivity contribution in [1.82, 2.24) is 14.8 Å². The molecule has 13 heavy (non-hydrogen) atoms. The lowest BCUT2D eigenvalue weighted by Crippen LogP contribution is -1.98. The van der Waals surface area contributed by atoms with Gasteiger partial charge in [-0.3, -0.25) is 9.67 Å². The van der Waals surface area contributed by atoms with Crippen LogP contribution in [0.15, 0.2) is 18.5 Å². The largest absolute Gasteiger partial charge is 0.478 e. The van der Waals surface area contributed by atoms with Crippen LogP contribution in [-0.4, -0.2) is 25.8 Å². The summed E-state index contributed by atoms with van der Waals surface area (Å²) in [6.45, 7) is 0. The summed E-state index contributed by atoms with van der Waals surface area (Å²) < 4.78 is 1.59. The van der Waals surface area contributed by atoms with Gasteiger partial charge in [-0.25, -0.2) is 4.79 Å². The first kappa shape index (κ1) is 7.72. The molecule has 0 aromatic carbocycles. The maximum absolute atomic E-state index is 10.6. The van der Waals surface area contributed by atoms with Crippen molar-refractivity contribution in [3.63, 3.8) is 0 Å². The maximum Gasteiger partial charge on any atom is 0.337 e. The number of rotatable bonds is 1. The molecule has 0 aliphatic rings. The van der Waals surface area contributed by atoms with Crippen LogP contribution in [0.2, 0.25) is 0 Å². The molecule has 5 nitrogen and oxygen atoms in total. The van der Waals surface area contributed by atoms with Crippen LogP contribution in [-0.2, 0) is 7.05 Å². The highest BCUT2D eigenvalue weighted by Crippen LogP contribution is 2.11. The normalized spacial score (nSPS) is 10.5. The highest BCUT2D eigenvalue weighted by atomic mass is 16.4. The van der Waals surface area contributed by atoms with E-state index in [1.807, 2.05) is 0 Å². The van der Waals surface area contributed by atoms with E-state index in [0.29, 0.717) is 5.52 Å². The molecule has 0 saturated heterocycles. The van der Waals surface area contributed by atoms with E-state index >= 15 is 0 Å². The Morgan fingerprint density at radius 2 is 2.31 bits per heavy atom. The number of nitrogens with zero attached hydrogens (tertiary/aromatic N) is 3. The smallest absolute Gasteiger partial charge is 0.337 e. The van der Waals surface area contributed by atoms with E-state index in [9.17, 15) is 4.79 Å². The van der Waals surface area contributed by atoms with Gasteiger partial charge in [0.1, 0.15) is 5.52 Å². The molecule has 0 spiro atoms. The molecule has 2 heterocycles. The molecular formula is C8H7N3O2. The third-order valence-corrected chi connectivity index (χ3v) is 1.85. The van der Waals surface area contributed by atoms with Gasteiger partial charge in [-0.15, -0.1) is 0 Å². The predicted molar refractivity (Wildman–Crippen MR) is 45.5 cm³/mol. The van der Waals surface area contributed by atoms with Crippen molar-refractivity contribution in [2.75, 3.05) is 0 Å². The molecule has 0 radical (unpaired) electrons. The third kappa shape index (κ3) is 1.14. The summed E-state index contributed by atoms with van der Waals surface area (Å²) in [7, 11) is 1.75. The van der Waals surface area contributed by atoms with E-state index < -0.39 is 5.97 Å². The van der Waals surface area contributed by atoms with Crippen LogP contribution in [0.25, 0.3) is 11.0 Å². The van der Waals surface area contributed by atoms with Crippen LogP contribution in [0, 0.1) is 0 Å². The lowest BCUT2D eigenvalue weighted by molar-refractivity contribution is 0.0696. The van der Waals surface area contributed by atoms with E-state index in [2.05, 4.69) is 10.1 Å². The van der Waals surface area contributed by atoms with Crippen molar-refractivity contribution in [1.29, 1.82) is 0 Å². The highest BCUT2D eigenvalue weighted by molar-refractivity contribution is 5.91. The summed E-state index contributed by atoms with van der Waals surface area (Å²) in [6, 6.07) is 1.55. The molecule has 2 rings (SSSR count). The monoisotopic (exact) mass is 177 g/mol. The lowest BCUT2D eigenvalue weighted by Gasteiger charge is -1.95. The Bertz CT molecular complexity index is 475. The minimum atomic E-state index is -0.976. The van der Waals surface area contributed by atoms with Gasteiger partial charge in [0, 0.05) is 13.2 Å². The molecule has 0 aliphatic heterocycles. The number of hydrogen-bond acceptors (Lipinski definition) is 3. The van der Waals surface area contributed by atoms with Crippen LogP contribution < -0.4 is 0 Å². The van der Waals surface area contributed by atoms with Gasteiger partial charge in [-0.05, 0) is 6.07 Å². The highest BCUT2D eigenvalue weighted by Gasteiger charge is 2.06. The number of pyridine rings is 1. The average Bonchev–Trinajstić information content (AvgIpc) is 2.47. The SMILES string of the molecule is Cn1ncc2ncc(C(=O)O)cc21.